The molecule has 9 heteroatoms. The number of carbonyl (C=O) groups excluding carboxylic acids is 2. The van der Waals surface area contributed by atoms with Crippen LogP contribution in [0.3, 0.4) is 0 Å². The van der Waals surface area contributed by atoms with Crippen LogP contribution in [-0.2, 0) is 9.59 Å². The van der Waals surface area contributed by atoms with Crippen molar-refractivity contribution in [2.45, 2.75) is 19.8 Å². The number of benzene rings is 1. The van der Waals surface area contributed by atoms with Crippen LogP contribution in [0.2, 0.25) is 0 Å². The van der Waals surface area contributed by atoms with Gasteiger partial charge in [-0.2, -0.15) is 0 Å². The van der Waals surface area contributed by atoms with Gasteiger partial charge in [0.25, 0.3) is 11.8 Å². The van der Waals surface area contributed by atoms with Gasteiger partial charge in [0.15, 0.2) is 0 Å². The second-order valence-corrected chi connectivity index (χ2v) is 6.40. The van der Waals surface area contributed by atoms with E-state index in [2.05, 4.69) is 25.9 Å². The number of carbonyl (C=O) groups is 2. The molecule has 0 spiro atoms. The van der Waals surface area contributed by atoms with Crippen LogP contribution >= 0.6 is 11.3 Å². The Kier molecular flexibility index (Phi) is 4.52. The van der Waals surface area contributed by atoms with Crippen molar-refractivity contribution in [1.29, 1.82) is 0 Å². The molecule has 1 aliphatic heterocycles. The first-order valence-electron chi connectivity index (χ1n) is 7.38. The van der Waals surface area contributed by atoms with Gasteiger partial charge in [0, 0.05) is 5.92 Å². The maximum absolute atomic E-state index is 12.3. The Balaban J connectivity index is 1.72. The molecule has 0 bridgehead atoms. The van der Waals surface area contributed by atoms with Crippen molar-refractivity contribution in [3.63, 3.8) is 0 Å². The van der Waals surface area contributed by atoms with Crippen molar-refractivity contribution < 1.29 is 9.59 Å². The molecule has 0 atom stereocenters. The fourth-order valence-corrected chi connectivity index (χ4v) is 2.74. The van der Waals surface area contributed by atoms with Gasteiger partial charge < -0.3 is 0 Å². The third-order valence-corrected chi connectivity index (χ3v) is 4.36. The molecule has 3 rings (SSSR count). The van der Waals surface area contributed by atoms with Crippen LogP contribution in [0.1, 0.15) is 24.8 Å². The molecule has 2 N–H and O–H groups in total. The highest BCUT2D eigenvalue weighted by Crippen LogP contribution is 2.22. The lowest BCUT2D eigenvalue weighted by atomic mass is 10.2. The number of nitrogens with zero attached hydrogens (tertiary/aromatic N) is 4. The maximum atomic E-state index is 12.3. The summed E-state index contributed by atoms with van der Waals surface area (Å²) in [5.41, 5.74) is 3.39. The first kappa shape index (κ1) is 16.1. The van der Waals surface area contributed by atoms with E-state index >= 15 is 0 Å². The highest BCUT2D eigenvalue weighted by atomic mass is 32.1. The van der Waals surface area contributed by atoms with Gasteiger partial charge in [-0.1, -0.05) is 43.4 Å². The van der Waals surface area contributed by atoms with E-state index in [0.29, 0.717) is 10.8 Å². The van der Waals surface area contributed by atoms with E-state index in [1.165, 1.54) is 16.3 Å². The largest absolute Gasteiger partial charge is 0.294 e. The molecule has 0 saturated heterocycles. The van der Waals surface area contributed by atoms with Gasteiger partial charge in [-0.05, 0) is 12.1 Å². The summed E-state index contributed by atoms with van der Waals surface area (Å²) in [5.74, 6) is -0.408. The number of rotatable bonds is 4. The highest BCUT2D eigenvalue weighted by molar-refractivity contribution is 7.15. The summed E-state index contributed by atoms with van der Waals surface area (Å²) in [7, 11) is 0. The van der Waals surface area contributed by atoms with Gasteiger partial charge in [-0.15, -0.1) is 10.2 Å². The van der Waals surface area contributed by atoms with Gasteiger partial charge >= 0.3 is 0 Å². The monoisotopic (exact) mass is 344 g/mol. The lowest BCUT2D eigenvalue weighted by molar-refractivity contribution is -0.118. The fourth-order valence-electron chi connectivity index (χ4n) is 2.00. The van der Waals surface area contributed by atoms with Crippen molar-refractivity contribution in [2.75, 3.05) is 16.9 Å². The molecule has 0 aliphatic carbocycles. The zero-order chi connectivity index (χ0) is 17.1. The van der Waals surface area contributed by atoms with Crippen molar-refractivity contribution in [1.82, 2.24) is 15.6 Å². The number of para-hydroxylation sites is 1. The molecule has 2 amide bonds. The molecule has 124 valence electrons. The summed E-state index contributed by atoms with van der Waals surface area (Å²) in [6, 6.07) is 9.01. The van der Waals surface area contributed by atoms with Crippen LogP contribution in [0, 0.1) is 0 Å². The zero-order valence-electron chi connectivity index (χ0n) is 13.2. The molecule has 2 aromatic rings. The molecule has 0 unspecified atom stereocenters. The van der Waals surface area contributed by atoms with Gasteiger partial charge in [-0.25, -0.2) is 5.01 Å². The average molecular weight is 344 g/mol. The van der Waals surface area contributed by atoms with E-state index in [0.717, 1.165) is 5.01 Å². The Labute approximate surface area is 142 Å². The van der Waals surface area contributed by atoms with Crippen molar-refractivity contribution in [3.8, 4) is 0 Å². The predicted molar refractivity (Wildman–Crippen MR) is 92.0 cm³/mol. The Bertz CT molecular complexity index is 786. The van der Waals surface area contributed by atoms with Crippen LogP contribution in [-0.4, -0.2) is 34.4 Å². The Morgan fingerprint density at radius 2 is 2.04 bits per heavy atom. The number of aliphatic imine (C=N–C) groups is 1. The Hall–Kier alpha value is -2.81. The second kappa shape index (κ2) is 6.75. The lowest BCUT2D eigenvalue weighted by Gasteiger charge is -2.27. The number of amides is 2. The molecular weight excluding hydrogens is 328 g/mol. The number of amidine groups is 1. The minimum Gasteiger partial charge on any atom is -0.294 e. The number of hydrogen-bond donors (Lipinski definition) is 2. The SMILES string of the molecule is CC(C)c1nnc(NC(=O)C2=NCC(=O)N(c3ccccc3)N2)s1. The molecule has 0 saturated carbocycles. The Morgan fingerprint density at radius 1 is 1.29 bits per heavy atom. The molecule has 0 radical (unpaired) electrons. The molecule has 8 nitrogen and oxygen atoms in total. The van der Waals surface area contributed by atoms with Crippen molar-refractivity contribution in [2.24, 2.45) is 4.99 Å². The summed E-state index contributed by atoms with van der Waals surface area (Å²) >= 11 is 1.31. The number of hydrazine groups is 1. The molecular formula is C15H16N6O2S. The number of hydrogen-bond acceptors (Lipinski definition) is 7. The number of anilines is 2. The van der Waals surface area contributed by atoms with E-state index in [9.17, 15) is 9.59 Å². The van der Waals surface area contributed by atoms with Crippen LogP contribution < -0.4 is 15.8 Å². The highest BCUT2D eigenvalue weighted by Gasteiger charge is 2.26. The van der Waals surface area contributed by atoms with Crippen LogP contribution in [0.15, 0.2) is 35.3 Å². The van der Waals surface area contributed by atoms with Crippen LogP contribution in [0.25, 0.3) is 0 Å². The summed E-state index contributed by atoms with van der Waals surface area (Å²) in [6.45, 7) is 3.91. The summed E-state index contributed by atoms with van der Waals surface area (Å²) in [6.07, 6.45) is 0. The normalized spacial score (nSPS) is 14.4. The maximum Gasteiger partial charge on any atom is 0.294 e. The molecule has 0 fully saturated rings. The molecule has 2 heterocycles. The molecule has 24 heavy (non-hydrogen) atoms. The second-order valence-electron chi connectivity index (χ2n) is 5.40. The van der Waals surface area contributed by atoms with Gasteiger partial charge in [0.2, 0.25) is 11.0 Å². The third-order valence-electron chi connectivity index (χ3n) is 3.22. The van der Waals surface area contributed by atoms with Gasteiger partial charge in [0.05, 0.1) is 5.69 Å². The van der Waals surface area contributed by atoms with Crippen molar-refractivity contribution in [3.05, 3.63) is 35.3 Å². The molecule has 1 aliphatic rings. The predicted octanol–water partition coefficient (Wildman–Crippen LogP) is 1.55. The van der Waals surface area contributed by atoms with Crippen LogP contribution in [0.5, 0.6) is 0 Å². The first-order valence-corrected chi connectivity index (χ1v) is 8.20. The van der Waals surface area contributed by atoms with E-state index in [-0.39, 0.29) is 24.2 Å². The zero-order valence-corrected chi connectivity index (χ0v) is 14.0. The standard InChI is InChI=1S/C15H16N6O2S/c1-9(2)14-18-19-15(24-14)17-13(23)12-16-8-11(22)21(20-12)10-6-4-3-5-7-10/h3-7,9H,8H2,1-2H3,(H,16,20)(H,17,19,23). The smallest absolute Gasteiger partial charge is 0.294 e. The minimum absolute atomic E-state index is 0.0553. The number of aromatic nitrogens is 2. The fraction of sp³-hybridized carbons (Fsp3) is 0.267. The van der Waals surface area contributed by atoms with Crippen molar-refractivity contribution >= 4 is 39.8 Å². The summed E-state index contributed by atoms with van der Waals surface area (Å²) < 4.78 is 0. The summed E-state index contributed by atoms with van der Waals surface area (Å²) in [4.78, 5) is 28.3. The van der Waals surface area contributed by atoms with E-state index in [1.807, 2.05) is 32.0 Å². The molecule has 1 aromatic heterocycles. The third kappa shape index (κ3) is 3.40. The van der Waals surface area contributed by atoms with Gasteiger partial charge in [-0.3, -0.25) is 25.3 Å². The van der Waals surface area contributed by atoms with Gasteiger partial charge in [0.1, 0.15) is 11.6 Å². The van der Waals surface area contributed by atoms with Crippen LogP contribution in [0.4, 0.5) is 10.8 Å². The first-order chi connectivity index (χ1) is 11.5. The van der Waals surface area contributed by atoms with E-state index in [1.54, 1.807) is 12.1 Å². The minimum atomic E-state index is -0.463. The lowest BCUT2D eigenvalue weighted by Crippen LogP contribution is -2.54. The Morgan fingerprint density at radius 3 is 2.71 bits per heavy atom. The average Bonchev–Trinajstić information content (AvgIpc) is 3.05. The number of nitrogens with one attached hydrogen (secondary N) is 2. The molecule has 1 aromatic carbocycles. The topological polar surface area (TPSA) is 99.6 Å². The quantitative estimate of drug-likeness (QED) is 0.876. The van der Waals surface area contributed by atoms with E-state index in [4.69, 9.17) is 0 Å². The van der Waals surface area contributed by atoms with E-state index < -0.39 is 5.91 Å². The summed E-state index contributed by atoms with van der Waals surface area (Å²) in [5, 5.41) is 13.1.